The molecular formula is C22H35NO6. The largest absolute Gasteiger partial charge is 0.484 e. The molecule has 3 atom stereocenters. The Balaban J connectivity index is 2.72. The van der Waals surface area contributed by atoms with Crippen molar-refractivity contribution in [3.8, 4) is 5.75 Å². The fourth-order valence-corrected chi connectivity index (χ4v) is 2.62. The lowest BCUT2D eigenvalue weighted by atomic mass is 10.1. The minimum absolute atomic E-state index is 0.239. The molecule has 0 radical (unpaired) electrons. The molecule has 7 heteroatoms. The second kappa shape index (κ2) is 12.3. The number of nitrogens with one attached hydrogen (secondary N) is 1. The number of esters is 1. The molecule has 1 aromatic rings. The maximum Gasteiger partial charge on any atom is 0.408 e. The number of alkyl carbamates (subject to hydrolysis) is 1. The van der Waals surface area contributed by atoms with Crippen molar-refractivity contribution in [3.63, 3.8) is 0 Å². The maximum absolute atomic E-state index is 12.2. The first kappa shape index (κ1) is 24.8. The zero-order chi connectivity index (χ0) is 21.9. The van der Waals surface area contributed by atoms with E-state index in [0.717, 1.165) is 6.42 Å². The van der Waals surface area contributed by atoms with Gasteiger partial charge in [-0.1, -0.05) is 32.0 Å². The Morgan fingerprint density at radius 1 is 1.10 bits per heavy atom. The first-order valence-electron chi connectivity index (χ1n) is 10.2. The van der Waals surface area contributed by atoms with Crippen molar-refractivity contribution in [1.29, 1.82) is 0 Å². The zero-order valence-corrected chi connectivity index (χ0v) is 18.4. The second-order valence-corrected chi connectivity index (χ2v) is 7.76. The van der Waals surface area contributed by atoms with Crippen LogP contribution in [-0.2, 0) is 19.0 Å². The molecule has 1 rings (SSSR count). The monoisotopic (exact) mass is 409 g/mol. The molecule has 0 aromatic heterocycles. The lowest BCUT2D eigenvalue weighted by molar-refractivity contribution is -0.157. The Kier molecular flexibility index (Phi) is 10.5. The van der Waals surface area contributed by atoms with Crippen molar-refractivity contribution in [1.82, 2.24) is 5.32 Å². The SMILES string of the molecule is CCCO[C@@H](CC)[C@@H](Oc1ccccc1)[C@H](C)OC(=O)CNC(=O)OC(C)(C)C. The third-order valence-corrected chi connectivity index (χ3v) is 3.88. The summed E-state index contributed by atoms with van der Waals surface area (Å²) in [6.45, 7) is 11.3. The summed E-state index contributed by atoms with van der Waals surface area (Å²) in [5.41, 5.74) is -0.638. The van der Waals surface area contributed by atoms with Crippen molar-refractivity contribution in [2.45, 2.75) is 78.3 Å². The predicted octanol–water partition coefficient (Wildman–Crippen LogP) is 4.10. The van der Waals surface area contributed by atoms with Crippen LogP contribution in [0.4, 0.5) is 4.79 Å². The Morgan fingerprint density at radius 2 is 1.76 bits per heavy atom. The van der Waals surface area contributed by atoms with Crippen LogP contribution >= 0.6 is 0 Å². The van der Waals surface area contributed by atoms with Crippen LogP contribution in [0.3, 0.4) is 0 Å². The van der Waals surface area contributed by atoms with E-state index in [-0.39, 0.29) is 12.6 Å². The van der Waals surface area contributed by atoms with Gasteiger partial charge in [0.2, 0.25) is 0 Å². The first-order valence-corrected chi connectivity index (χ1v) is 10.2. The van der Waals surface area contributed by atoms with E-state index in [4.69, 9.17) is 18.9 Å². The smallest absolute Gasteiger partial charge is 0.408 e. The first-order chi connectivity index (χ1) is 13.7. The molecule has 0 aliphatic rings. The molecule has 0 aliphatic heterocycles. The Morgan fingerprint density at radius 3 is 2.31 bits per heavy atom. The Labute approximate surface area is 174 Å². The molecule has 0 saturated carbocycles. The molecule has 1 amide bonds. The highest BCUT2D eigenvalue weighted by Gasteiger charge is 2.31. The van der Waals surface area contributed by atoms with Gasteiger partial charge in [0, 0.05) is 6.61 Å². The fraction of sp³-hybridized carbons (Fsp3) is 0.636. The molecule has 0 heterocycles. The summed E-state index contributed by atoms with van der Waals surface area (Å²) in [7, 11) is 0. The van der Waals surface area contributed by atoms with E-state index in [9.17, 15) is 9.59 Å². The number of rotatable bonds is 11. The van der Waals surface area contributed by atoms with Gasteiger partial charge in [0.25, 0.3) is 0 Å². The summed E-state index contributed by atoms with van der Waals surface area (Å²) >= 11 is 0. The molecule has 0 bridgehead atoms. The molecule has 29 heavy (non-hydrogen) atoms. The third-order valence-electron chi connectivity index (χ3n) is 3.88. The van der Waals surface area contributed by atoms with Crippen molar-refractivity contribution in [2.75, 3.05) is 13.2 Å². The average molecular weight is 410 g/mol. The standard InChI is InChI=1S/C22H35NO6/c1-7-14-26-18(8-2)20(28-17-12-10-9-11-13-17)16(3)27-19(24)15-23-21(25)29-22(4,5)6/h9-13,16,18,20H,7-8,14-15H2,1-6H3,(H,23,25)/t16-,18-,20-/m0/s1. The molecule has 0 saturated heterocycles. The van der Waals surface area contributed by atoms with Gasteiger partial charge in [-0.3, -0.25) is 4.79 Å². The topological polar surface area (TPSA) is 83.1 Å². The number of hydrogen-bond donors (Lipinski definition) is 1. The number of amides is 1. The van der Waals surface area contributed by atoms with Crippen LogP contribution in [0, 0.1) is 0 Å². The molecule has 0 spiro atoms. The van der Waals surface area contributed by atoms with Gasteiger partial charge >= 0.3 is 12.1 Å². The van der Waals surface area contributed by atoms with E-state index >= 15 is 0 Å². The second-order valence-electron chi connectivity index (χ2n) is 7.76. The van der Waals surface area contributed by atoms with Crippen molar-refractivity contribution >= 4 is 12.1 Å². The van der Waals surface area contributed by atoms with Gasteiger partial charge in [-0.25, -0.2) is 4.79 Å². The van der Waals surface area contributed by atoms with Crippen LogP contribution < -0.4 is 10.1 Å². The van der Waals surface area contributed by atoms with Gasteiger partial charge in [0.1, 0.15) is 24.0 Å². The summed E-state index contributed by atoms with van der Waals surface area (Å²) in [5.74, 6) is 0.0983. The van der Waals surface area contributed by atoms with Crippen molar-refractivity contribution in [3.05, 3.63) is 30.3 Å². The molecule has 1 aromatic carbocycles. The van der Waals surface area contributed by atoms with Crippen LogP contribution in [0.15, 0.2) is 30.3 Å². The highest BCUT2D eigenvalue weighted by Crippen LogP contribution is 2.20. The lowest BCUT2D eigenvalue weighted by Crippen LogP contribution is -2.45. The van der Waals surface area contributed by atoms with E-state index in [0.29, 0.717) is 18.8 Å². The van der Waals surface area contributed by atoms with E-state index < -0.39 is 29.9 Å². The summed E-state index contributed by atoms with van der Waals surface area (Å²) in [4.78, 5) is 23.9. The molecule has 164 valence electrons. The van der Waals surface area contributed by atoms with Gasteiger partial charge in [0.15, 0.2) is 6.10 Å². The number of carbonyl (C=O) groups is 2. The fourth-order valence-electron chi connectivity index (χ4n) is 2.62. The van der Waals surface area contributed by atoms with Gasteiger partial charge in [-0.15, -0.1) is 0 Å². The minimum Gasteiger partial charge on any atom is -0.484 e. The van der Waals surface area contributed by atoms with Gasteiger partial charge < -0.3 is 24.3 Å². The Hall–Kier alpha value is -2.28. The summed E-state index contributed by atoms with van der Waals surface area (Å²) in [5, 5.41) is 2.40. The predicted molar refractivity (Wildman–Crippen MR) is 111 cm³/mol. The molecule has 0 aliphatic carbocycles. The molecular weight excluding hydrogens is 374 g/mol. The summed E-state index contributed by atoms with van der Waals surface area (Å²) in [6.07, 6.45) is -0.393. The van der Waals surface area contributed by atoms with E-state index in [2.05, 4.69) is 5.32 Å². The summed E-state index contributed by atoms with van der Waals surface area (Å²) in [6, 6.07) is 9.35. The van der Waals surface area contributed by atoms with Gasteiger partial charge in [0.05, 0.1) is 6.10 Å². The Bertz CT molecular complexity index is 613. The molecule has 7 nitrogen and oxygen atoms in total. The third kappa shape index (κ3) is 10.2. The lowest BCUT2D eigenvalue weighted by Gasteiger charge is -2.31. The quantitative estimate of drug-likeness (QED) is 0.554. The molecule has 0 fully saturated rings. The minimum atomic E-state index is -0.670. The maximum atomic E-state index is 12.2. The molecule has 0 unspecified atom stereocenters. The van der Waals surface area contributed by atoms with Crippen molar-refractivity contribution in [2.24, 2.45) is 0 Å². The van der Waals surface area contributed by atoms with Gasteiger partial charge in [-0.2, -0.15) is 0 Å². The zero-order valence-electron chi connectivity index (χ0n) is 18.4. The number of benzene rings is 1. The van der Waals surface area contributed by atoms with Crippen LogP contribution in [-0.4, -0.2) is 49.1 Å². The summed E-state index contributed by atoms with van der Waals surface area (Å²) < 4.78 is 22.7. The highest BCUT2D eigenvalue weighted by atomic mass is 16.6. The molecule has 1 N–H and O–H groups in total. The average Bonchev–Trinajstić information content (AvgIpc) is 2.65. The van der Waals surface area contributed by atoms with E-state index in [1.807, 2.05) is 44.2 Å². The van der Waals surface area contributed by atoms with E-state index in [1.165, 1.54) is 0 Å². The van der Waals surface area contributed by atoms with Crippen LogP contribution in [0.25, 0.3) is 0 Å². The van der Waals surface area contributed by atoms with E-state index in [1.54, 1.807) is 27.7 Å². The highest BCUT2D eigenvalue weighted by molar-refractivity contribution is 5.78. The number of ether oxygens (including phenoxy) is 4. The number of para-hydroxylation sites is 1. The van der Waals surface area contributed by atoms with Crippen LogP contribution in [0.2, 0.25) is 0 Å². The number of hydrogen-bond acceptors (Lipinski definition) is 6. The van der Waals surface area contributed by atoms with Crippen molar-refractivity contribution < 1.29 is 28.5 Å². The normalized spacial score (nSPS) is 14.4. The van der Waals surface area contributed by atoms with Crippen LogP contribution in [0.1, 0.15) is 54.4 Å². The van der Waals surface area contributed by atoms with Crippen LogP contribution in [0.5, 0.6) is 5.75 Å². The van der Waals surface area contributed by atoms with Gasteiger partial charge in [-0.05, 0) is 52.7 Å². The number of carbonyl (C=O) groups excluding carboxylic acids is 2.